The first kappa shape index (κ1) is 11.0. The molecule has 0 aliphatic carbocycles. The van der Waals surface area contributed by atoms with E-state index in [1.807, 2.05) is 6.92 Å². The molecule has 1 N–H and O–H groups in total. The van der Waals surface area contributed by atoms with Crippen molar-refractivity contribution in [3.8, 4) is 0 Å². The largest absolute Gasteiger partial charge is 0.760 e. The van der Waals surface area contributed by atoms with Crippen LogP contribution in [-0.2, 0) is 16.0 Å². The molecule has 0 fully saturated rings. The highest BCUT2D eigenvalue weighted by Crippen LogP contribution is 1.86. The van der Waals surface area contributed by atoms with Crippen LogP contribution in [0.4, 0.5) is 0 Å². The quantitative estimate of drug-likeness (QED) is 0.468. The Morgan fingerprint density at radius 2 is 2.36 bits per heavy atom. The third-order valence-corrected chi connectivity index (χ3v) is 1.61. The summed E-state index contributed by atoms with van der Waals surface area (Å²) >= 11 is -2.18. The Morgan fingerprint density at radius 1 is 1.73 bits per heavy atom. The summed E-state index contributed by atoms with van der Waals surface area (Å²) in [5.74, 6) is 0. The van der Waals surface area contributed by atoms with Gasteiger partial charge in [-0.15, -0.1) is 0 Å². The van der Waals surface area contributed by atoms with Gasteiger partial charge in [-0.2, -0.15) is 0 Å². The van der Waals surface area contributed by atoms with E-state index in [2.05, 4.69) is 4.72 Å². The van der Waals surface area contributed by atoms with Crippen molar-refractivity contribution in [3.05, 3.63) is 0 Å². The molecule has 11 heavy (non-hydrogen) atoms. The van der Waals surface area contributed by atoms with Gasteiger partial charge < -0.3 is 9.29 Å². The predicted octanol–water partition coefficient (Wildman–Crippen LogP) is 0.185. The van der Waals surface area contributed by atoms with E-state index >= 15 is 0 Å². The van der Waals surface area contributed by atoms with Crippen molar-refractivity contribution >= 4 is 11.3 Å². The number of hydrogen-bond acceptors (Lipinski definition) is 3. The van der Waals surface area contributed by atoms with E-state index in [-0.39, 0.29) is 6.04 Å². The van der Waals surface area contributed by atoms with Crippen molar-refractivity contribution in [1.82, 2.24) is 4.72 Å². The lowest BCUT2D eigenvalue weighted by Crippen LogP contribution is -2.31. The fourth-order valence-corrected chi connectivity index (χ4v) is 0.999. The van der Waals surface area contributed by atoms with Crippen molar-refractivity contribution in [3.63, 3.8) is 0 Å². The van der Waals surface area contributed by atoms with Crippen LogP contribution in [-0.4, -0.2) is 28.0 Å². The maximum absolute atomic E-state index is 10.1. The molecule has 0 aliphatic rings. The van der Waals surface area contributed by atoms with E-state index in [4.69, 9.17) is 4.74 Å². The molecule has 0 aliphatic heterocycles. The molecular weight excluding hydrogens is 166 g/mol. The monoisotopic (exact) mass is 180 g/mol. The van der Waals surface area contributed by atoms with Crippen LogP contribution < -0.4 is 4.72 Å². The van der Waals surface area contributed by atoms with Gasteiger partial charge in [-0.3, -0.25) is 4.21 Å². The molecule has 0 saturated carbocycles. The minimum Gasteiger partial charge on any atom is -0.760 e. The molecule has 2 unspecified atom stereocenters. The van der Waals surface area contributed by atoms with Gasteiger partial charge in [-0.05, 0) is 13.3 Å². The summed E-state index contributed by atoms with van der Waals surface area (Å²) in [6, 6.07) is -0.139. The molecule has 0 radical (unpaired) electrons. The lowest BCUT2D eigenvalue weighted by Gasteiger charge is -2.14. The molecule has 0 amide bonds. The second kappa shape index (κ2) is 6.72. The van der Waals surface area contributed by atoms with Crippen LogP contribution in [0.1, 0.15) is 20.3 Å². The van der Waals surface area contributed by atoms with Crippen molar-refractivity contribution < 1.29 is 13.5 Å². The van der Waals surface area contributed by atoms with Gasteiger partial charge in [0.2, 0.25) is 0 Å². The van der Waals surface area contributed by atoms with Crippen molar-refractivity contribution in [2.45, 2.75) is 26.3 Å². The Kier molecular flexibility index (Phi) is 6.74. The zero-order valence-electron chi connectivity index (χ0n) is 6.83. The maximum Gasteiger partial charge on any atom is 0.0626 e. The summed E-state index contributed by atoms with van der Waals surface area (Å²) < 4.78 is 27.6. The molecule has 0 aromatic rings. The third kappa shape index (κ3) is 7.93. The minimum atomic E-state index is -2.18. The first-order chi connectivity index (χ1) is 5.16. The summed E-state index contributed by atoms with van der Waals surface area (Å²) in [5.41, 5.74) is 0. The van der Waals surface area contributed by atoms with Crippen LogP contribution in [0.2, 0.25) is 0 Å². The Hall–Kier alpha value is 0.0300. The van der Waals surface area contributed by atoms with Gasteiger partial charge in [0.05, 0.1) is 6.61 Å². The Labute approximate surface area is 69.7 Å². The molecule has 2 atom stereocenters. The topological polar surface area (TPSA) is 61.4 Å². The number of rotatable bonds is 6. The Balaban J connectivity index is 3.22. The fraction of sp³-hybridized carbons (Fsp3) is 1.00. The van der Waals surface area contributed by atoms with Crippen molar-refractivity contribution in [2.75, 3.05) is 13.2 Å². The second-order valence-corrected chi connectivity index (χ2v) is 3.03. The summed E-state index contributed by atoms with van der Waals surface area (Å²) in [5, 5.41) is 0. The second-order valence-electron chi connectivity index (χ2n) is 2.33. The van der Waals surface area contributed by atoms with Crippen LogP contribution in [0.15, 0.2) is 0 Å². The number of hydrogen-bond donors (Lipinski definition) is 1. The average Bonchev–Trinajstić information content (AvgIpc) is 1.86. The average molecular weight is 180 g/mol. The zero-order valence-corrected chi connectivity index (χ0v) is 7.65. The summed E-state index contributed by atoms with van der Waals surface area (Å²) in [7, 11) is 0. The van der Waals surface area contributed by atoms with Gasteiger partial charge >= 0.3 is 0 Å². The highest BCUT2D eigenvalue weighted by atomic mass is 32.2. The maximum atomic E-state index is 10.1. The van der Waals surface area contributed by atoms with E-state index in [0.29, 0.717) is 13.2 Å². The third-order valence-electron chi connectivity index (χ3n) is 1.01. The van der Waals surface area contributed by atoms with Crippen LogP contribution in [0.25, 0.3) is 0 Å². The molecule has 0 spiro atoms. The first-order valence-electron chi connectivity index (χ1n) is 3.60. The molecule has 0 bridgehead atoms. The van der Waals surface area contributed by atoms with Gasteiger partial charge in [0.1, 0.15) is 0 Å². The van der Waals surface area contributed by atoms with Crippen LogP contribution in [0, 0.1) is 0 Å². The molecule has 0 aromatic heterocycles. The summed E-state index contributed by atoms with van der Waals surface area (Å²) in [6.45, 7) is 4.87. The molecular formula is C6H14NO3S-. The SMILES string of the molecule is CCCOCC(C)NS(=O)[O-]. The minimum absolute atomic E-state index is 0.139. The van der Waals surface area contributed by atoms with Gasteiger partial charge in [0, 0.05) is 23.9 Å². The van der Waals surface area contributed by atoms with E-state index in [9.17, 15) is 8.76 Å². The summed E-state index contributed by atoms with van der Waals surface area (Å²) in [6.07, 6.45) is 0.952. The van der Waals surface area contributed by atoms with E-state index in [0.717, 1.165) is 6.42 Å². The molecule has 0 saturated heterocycles. The first-order valence-corrected chi connectivity index (χ1v) is 4.67. The van der Waals surface area contributed by atoms with Crippen LogP contribution in [0.3, 0.4) is 0 Å². The van der Waals surface area contributed by atoms with Crippen LogP contribution >= 0.6 is 0 Å². The van der Waals surface area contributed by atoms with Crippen LogP contribution in [0.5, 0.6) is 0 Å². The van der Waals surface area contributed by atoms with Gasteiger partial charge in [0.15, 0.2) is 0 Å². The Morgan fingerprint density at radius 3 is 2.82 bits per heavy atom. The normalized spacial score (nSPS) is 16.3. The molecule has 0 aromatic carbocycles. The molecule has 0 rings (SSSR count). The number of ether oxygens (including phenoxy) is 1. The highest BCUT2D eigenvalue weighted by Gasteiger charge is 1.99. The number of nitrogens with one attached hydrogen (secondary N) is 1. The smallest absolute Gasteiger partial charge is 0.0626 e. The van der Waals surface area contributed by atoms with Gasteiger partial charge in [-0.25, -0.2) is 4.72 Å². The molecule has 4 nitrogen and oxygen atoms in total. The summed E-state index contributed by atoms with van der Waals surface area (Å²) in [4.78, 5) is 0. The lowest BCUT2D eigenvalue weighted by atomic mass is 10.4. The van der Waals surface area contributed by atoms with E-state index < -0.39 is 11.3 Å². The molecule has 0 heterocycles. The fourth-order valence-electron chi connectivity index (χ4n) is 0.603. The van der Waals surface area contributed by atoms with Gasteiger partial charge in [0.25, 0.3) is 0 Å². The highest BCUT2D eigenvalue weighted by molar-refractivity contribution is 7.77. The molecule has 5 heteroatoms. The zero-order chi connectivity index (χ0) is 8.69. The van der Waals surface area contributed by atoms with Gasteiger partial charge in [-0.1, -0.05) is 6.92 Å². The van der Waals surface area contributed by atoms with Crippen molar-refractivity contribution in [2.24, 2.45) is 0 Å². The Bertz CT molecular complexity index is 120. The van der Waals surface area contributed by atoms with Crippen molar-refractivity contribution in [1.29, 1.82) is 0 Å². The molecule has 68 valence electrons. The van der Waals surface area contributed by atoms with E-state index in [1.54, 1.807) is 6.92 Å². The predicted molar refractivity (Wildman–Crippen MR) is 42.6 cm³/mol. The lowest BCUT2D eigenvalue weighted by molar-refractivity contribution is 0.121. The van der Waals surface area contributed by atoms with E-state index in [1.165, 1.54) is 0 Å². The standard InChI is InChI=1S/C6H15NO3S/c1-3-4-10-5-6(2)7-11(8)9/h6-7H,3-5H2,1-2H3,(H,8,9)/p-1.